The molecule has 9 aromatic carbocycles. The average molecular weight is 1090 g/mol. The summed E-state index contributed by atoms with van der Waals surface area (Å²) in [4.78, 5) is 7.81. The molecule has 0 amide bonds. The molecule has 2 aliphatic heterocycles. The number of aryl methyl sites for hydroxylation is 2. The van der Waals surface area contributed by atoms with Crippen LogP contribution in [0, 0.1) is 13.8 Å². The van der Waals surface area contributed by atoms with Gasteiger partial charge in [0.05, 0.1) is 11.1 Å². The highest BCUT2D eigenvalue weighted by Gasteiger charge is 2.49. The summed E-state index contributed by atoms with van der Waals surface area (Å²) in [5.74, 6) is 0. The van der Waals surface area contributed by atoms with E-state index in [2.05, 4.69) is 295 Å². The molecule has 0 bridgehead atoms. The van der Waals surface area contributed by atoms with Crippen molar-refractivity contribution in [2.75, 3.05) is 14.7 Å². The van der Waals surface area contributed by atoms with Gasteiger partial charge in [-0.25, -0.2) is 0 Å². The zero-order valence-corrected chi connectivity index (χ0v) is 51.9. The predicted molar refractivity (Wildman–Crippen MR) is 355 cm³/mol. The van der Waals surface area contributed by atoms with E-state index in [1.807, 2.05) is 0 Å². The topological polar surface area (TPSA) is 22.9 Å². The number of benzene rings is 9. The van der Waals surface area contributed by atoms with Crippen molar-refractivity contribution in [3.05, 3.63) is 225 Å². The summed E-state index contributed by atoms with van der Waals surface area (Å²) in [6.45, 7) is 38.1. The minimum Gasteiger partial charge on any atom is -0.456 e. The molecule has 0 fully saturated rings. The summed E-state index contributed by atoms with van der Waals surface area (Å²) < 4.78 is 6.75. The van der Waals surface area contributed by atoms with Gasteiger partial charge in [0, 0.05) is 61.7 Å². The molecular formula is C78H80BN3O. The Balaban J connectivity index is 1.11. The lowest BCUT2D eigenvalue weighted by Crippen LogP contribution is -2.62. The smallest absolute Gasteiger partial charge is 0.252 e. The number of anilines is 9. The number of nitrogens with zero attached hydrogens (tertiary/aromatic N) is 3. The van der Waals surface area contributed by atoms with Crippen LogP contribution >= 0.6 is 0 Å². The number of furan rings is 1. The van der Waals surface area contributed by atoms with Crippen LogP contribution in [0.5, 0.6) is 0 Å². The van der Waals surface area contributed by atoms with Crippen LogP contribution in [0.15, 0.2) is 174 Å². The van der Waals surface area contributed by atoms with Crippen molar-refractivity contribution < 1.29 is 4.42 Å². The first-order valence-electron chi connectivity index (χ1n) is 30.5. The SMILES string of the molecule is Cc1cc2c3c(c1)N(c1cccc4oc5ccccc5c14)c1ccc(N(c4ccc(C(C)(C)C)cc4)c4ccc(C(C)(C)C)cc4)cc1B3c1cc3c(cc1N2c1cc2c(cc1C)C(C)(C)CCC2(C)C)C(C)(C)c1ccccc1C3(C)C. The van der Waals surface area contributed by atoms with Crippen LogP contribution in [0.4, 0.5) is 51.2 Å². The van der Waals surface area contributed by atoms with Crippen molar-refractivity contribution in [1.82, 2.24) is 0 Å². The van der Waals surface area contributed by atoms with E-state index >= 15 is 0 Å². The monoisotopic (exact) mass is 1090 g/mol. The molecule has 0 saturated heterocycles. The first-order valence-corrected chi connectivity index (χ1v) is 30.5. The van der Waals surface area contributed by atoms with Crippen molar-refractivity contribution >= 4 is 96.2 Å². The molecule has 10 aromatic rings. The fourth-order valence-electron chi connectivity index (χ4n) is 15.3. The maximum atomic E-state index is 6.75. The highest BCUT2D eigenvalue weighted by molar-refractivity contribution is 7.00. The van der Waals surface area contributed by atoms with Crippen molar-refractivity contribution in [3.63, 3.8) is 0 Å². The molecular weight excluding hydrogens is 1010 g/mol. The summed E-state index contributed by atoms with van der Waals surface area (Å²) in [6.07, 6.45) is 2.31. The van der Waals surface area contributed by atoms with Crippen LogP contribution < -0.4 is 31.1 Å². The molecule has 14 rings (SSSR count). The Morgan fingerprint density at radius 3 is 1.51 bits per heavy atom. The predicted octanol–water partition coefficient (Wildman–Crippen LogP) is 19.7. The molecule has 0 N–H and O–H groups in total. The van der Waals surface area contributed by atoms with Crippen LogP contribution in [0.2, 0.25) is 0 Å². The third-order valence-electron chi connectivity index (χ3n) is 20.2. The first-order chi connectivity index (χ1) is 39.2. The van der Waals surface area contributed by atoms with E-state index < -0.39 is 0 Å². The summed E-state index contributed by atoms with van der Waals surface area (Å²) >= 11 is 0. The first kappa shape index (κ1) is 53.3. The molecule has 0 atom stereocenters. The molecule has 0 radical (unpaired) electrons. The molecule has 0 spiro atoms. The molecule has 3 heterocycles. The Morgan fingerprint density at radius 2 is 0.916 bits per heavy atom. The van der Waals surface area contributed by atoms with Gasteiger partial charge in [-0.3, -0.25) is 0 Å². The standard InChI is InChI=1S/C78H80BN3O/c1-47-40-67-72-68(41-47)82(65-45-58-57(42-48(65)2)75(9,10)38-39-76(58,11)12)66-46-60-59(77(13,14)55-23-18-19-24-56(55)78(60,15)16)44-62(66)79(72)61-43-53(36-37-63(61)81(67)64-25-21-27-70-71(64)54-22-17-20-26-69(54)83-70)80(51-32-28-49(29-33-51)73(3,4)5)52-34-30-50(31-35-52)74(6,7)8/h17-37,40-46H,38-39H2,1-16H3. The second kappa shape index (κ2) is 17.9. The van der Waals surface area contributed by atoms with Gasteiger partial charge in [-0.15, -0.1) is 0 Å². The van der Waals surface area contributed by atoms with E-state index in [0.717, 1.165) is 51.1 Å². The molecule has 83 heavy (non-hydrogen) atoms. The fraction of sp³-hybridized carbons (Fsp3) is 0.308. The molecule has 4 nitrogen and oxygen atoms in total. The maximum Gasteiger partial charge on any atom is 0.252 e. The van der Waals surface area contributed by atoms with E-state index in [1.165, 1.54) is 107 Å². The van der Waals surface area contributed by atoms with E-state index in [-0.39, 0.29) is 39.2 Å². The largest absolute Gasteiger partial charge is 0.456 e. The van der Waals surface area contributed by atoms with Gasteiger partial charge in [0.2, 0.25) is 0 Å². The van der Waals surface area contributed by atoms with Crippen molar-refractivity contribution in [2.24, 2.45) is 0 Å². The van der Waals surface area contributed by atoms with Gasteiger partial charge in [-0.05, 0) is 205 Å². The normalized spacial score (nSPS) is 16.9. The Morgan fingerprint density at radius 1 is 0.422 bits per heavy atom. The summed E-state index contributed by atoms with van der Waals surface area (Å²) in [5, 5.41) is 2.23. The van der Waals surface area contributed by atoms with E-state index in [1.54, 1.807) is 0 Å². The molecule has 4 aliphatic rings. The third-order valence-corrected chi connectivity index (χ3v) is 20.2. The van der Waals surface area contributed by atoms with Gasteiger partial charge in [-0.2, -0.15) is 0 Å². The van der Waals surface area contributed by atoms with Gasteiger partial charge < -0.3 is 19.1 Å². The number of fused-ring (bicyclic) bond motifs is 10. The Hall–Kier alpha value is -7.76. The zero-order valence-electron chi connectivity index (χ0n) is 51.9. The number of rotatable bonds is 5. The Kier molecular flexibility index (Phi) is 11.5. The van der Waals surface area contributed by atoms with Crippen molar-refractivity contribution in [3.8, 4) is 0 Å². The quantitative estimate of drug-likeness (QED) is 0.160. The number of hydrogen-bond acceptors (Lipinski definition) is 4. The summed E-state index contributed by atoms with van der Waals surface area (Å²) in [7, 11) is 0. The highest BCUT2D eigenvalue weighted by atomic mass is 16.3. The van der Waals surface area contributed by atoms with Gasteiger partial charge in [0.25, 0.3) is 6.71 Å². The average Bonchev–Trinajstić information content (AvgIpc) is 1.13. The van der Waals surface area contributed by atoms with Gasteiger partial charge in [-0.1, -0.05) is 182 Å². The molecule has 0 unspecified atom stereocenters. The summed E-state index contributed by atoms with van der Waals surface area (Å²) in [6, 6.07) is 65.9. The second-order valence-corrected chi connectivity index (χ2v) is 29.4. The lowest BCUT2D eigenvalue weighted by atomic mass is 9.33. The lowest BCUT2D eigenvalue weighted by molar-refractivity contribution is 0.332. The zero-order chi connectivity index (χ0) is 58.2. The van der Waals surface area contributed by atoms with E-state index in [9.17, 15) is 0 Å². The Labute approximate surface area is 494 Å². The highest BCUT2D eigenvalue weighted by Crippen LogP contribution is 2.56. The molecule has 1 aromatic heterocycles. The second-order valence-electron chi connectivity index (χ2n) is 29.4. The fourth-order valence-corrected chi connectivity index (χ4v) is 15.3. The maximum absolute atomic E-state index is 6.75. The van der Waals surface area contributed by atoms with Crippen LogP contribution in [0.3, 0.4) is 0 Å². The van der Waals surface area contributed by atoms with Crippen molar-refractivity contribution in [1.29, 1.82) is 0 Å². The van der Waals surface area contributed by atoms with Gasteiger partial charge >= 0.3 is 0 Å². The lowest BCUT2D eigenvalue weighted by Gasteiger charge is -2.49. The summed E-state index contributed by atoms with van der Waals surface area (Å²) in [5.41, 5.74) is 29.6. The molecule has 416 valence electrons. The van der Waals surface area contributed by atoms with Crippen LogP contribution in [-0.2, 0) is 32.5 Å². The molecule has 0 saturated carbocycles. The Bertz CT molecular complexity index is 4270. The van der Waals surface area contributed by atoms with Gasteiger partial charge in [0.15, 0.2) is 0 Å². The minimum absolute atomic E-state index is 0.0102. The van der Waals surface area contributed by atoms with Crippen LogP contribution in [-0.4, -0.2) is 6.71 Å². The minimum atomic E-state index is -0.270. The van der Waals surface area contributed by atoms with Crippen molar-refractivity contribution in [2.45, 2.75) is 156 Å². The number of para-hydroxylation sites is 1. The molecule has 5 heteroatoms. The molecule has 2 aliphatic carbocycles. The van der Waals surface area contributed by atoms with E-state index in [4.69, 9.17) is 4.42 Å². The van der Waals surface area contributed by atoms with Crippen LogP contribution in [0.25, 0.3) is 21.9 Å². The van der Waals surface area contributed by atoms with E-state index in [0.29, 0.717) is 0 Å². The number of hydrogen-bond donors (Lipinski definition) is 0. The van der Waals surface area contributed by atoms with Gasteiger partial charge in [0.1, 0.15) is 11.2 Å². The third kappa shape index (κ3) is 7.99. The van der Waals surface area contributed by atoms with Crippen LogP contribution in [0.1, 0.15) is 165 Å².